The van der Waals surface area contributed by atoms with Gasteiger partial charge in [0, 0.05) is 17.3 Å². The second-order valence-corrected chi connectivity index (χ2v) is 8.29. The SMILES string of the molecule is O=C1COc2ccc(C(=O)/C=C/c3cn(Cc4ccccc4)nc3-c3cccs3)cc2N1. The van der Waals surface area contributed by atoms with Gasteiger partial charge in [-0.2, -0.15) is 5.10 Å². The van der Waals surface area contributed by atoms with Crippen molar-refractivity contribution < 1.29 is 14.3 Å². The van der Waals surface area contributed by atoms with Crippen molar-refractivity contribution in [3.8, 4) is 16.3 Å². The van der Waals surface area contributed by atoms with E-state index in [4.69, 9.17) is 9.84 Å². The second-order valence-electron chi connectivity index (χ2n) is 7.34. The van der Waals surface area contributed by atoms with Crippen LogP contribution in [0, 0.1) is 0 Å². The van der Waals surface area contributed by atoms with E-state index >= 15 is 0 Å². The number of allylic oxidation sites excluding steroid dienone is 1. The molecule has 2 aromatic heterocycles. The molecule has 0 atom stereocenters. The third kappa shape index (κ3) is 4.24. The summed E-state index contributed by atoms with van der Waals surface area (Å²) in [4.78, 5) is 25.4. The van der Waals surface area contributed by atoms with Crippen molar-refractivity contribution in [1.82, 2.24) is 9.78 Å². The van der Waals surface area contributed by atoms with Crippen LogP contribution in [0.2, 0.25) is 0 Å². The molecule has 1 N–H and O–H groups in total. The molecule has 1 aliphatic heterocycles. The number of ketones is 1. The van der Waals surface area contributed by atoms with Crippen molar-refractivity contribution >= 4 is 34.8 Å². The molecule has 7 heteroatoms. The Balaban J connectivity index is 1.42. The summed E-state index contributed by atoms with van der Waals surface area (Å²) in [6.07, 6.45) is 5.28. The van der Waals surface area contributed by atoms with Crippen LogP contribution in [0.15, 0.2) is 78.3 Å². The average molecular weight is 442 g/mol. The number of hydrogen-bond donors (Lipinski definition) is 1. The third-order valence-corrected chi connectivity index (χ3v) is 5.92. The molecule has 0 bridgehead atoms. The third-order valence-electron chi connectivity index (χ3n) is 5.04. The lowest BCUT2D eigenvalue weighted by atomic mass is 10.1. The minimum absolute atomic E-state index is 0.0152. The van der Waals surface area contributed by atoms with Crippen molar-refractivity contribution in [1.29, 1.82) is 0 Å². The van der Waals surface area contributed by atoms with Gasteiger partial charge in [0.25, 0.3) is 5.91 Å². The lowest BCUT2D eigenvalue weighted by molar-refractivity contribution is -0.118. The summed E-state index contributed by atoms with van der Waals surface area (Å²) < 4.78 is 7.25. The Morgan fingerprint density at radius 1 is 1.16 bits per heavy atom. The van der Waals surface area contributed by atoms with Crippen LogP contribution in [0.25, 0.3) is 16.6 Å². The molecule has 158 valence electrons. The number of nitrogens with one attached hydrogen (secondary N) is 1. The quantitative estimate of drug-likeness (QED) is 0.342. The Labute approximate surface area is 188 Å². The van der Waals surface area contributed by atoms with Crippen molar-refractivity contribution in [2.24, 2.45) is 0 Å². The van der Waals surface area contributed by atoms with E-state index in [1.807, 2.05) is 46.6 Å². The fraction of sp³-hybridized carbons (Fsp3) is 0.0800. The van der Waals surface area contributed by atoms with E-state index in [9.17, 15) is 9.59 Å². The van der Waals surface area contributed by atoms with Gasteiger partial charge in [-0.3, -0.25) is 14.3 Å². The van der Waals surface area contributed by atoms with Gasteiger partial charge >= 0.3 is 0 Å². The van der Waals surface area contributed by atoms with Crippen LogP contribution in [0.1, 0.15) is 21.5 Å². The van der Waals surface area contributed by atoms with E-state index in [2.05, 4.69) is 17.4 Å². The van der Waals surface area contributed by atoms with Crippen molar-refractivity contribution in [2.75, 3.05) is 11.9 Å². The Morgan fingerprint density at radius 3 is 2.84 bits per heavy atom. The Hall–Kier alpha value is -3.97. The number of ether oxygens (including phenoxy) is 1. The summed E-state index contributed by atoms with van der Waals surface area (Å²) in [5.74, 6) is 0.164. The van der Waals surface area contributed by atoms with Gasteiger partial charge < -0.3 is 10.1 Å². The molecule has 2 aromatic carbocycles. The summed E-state index contributed by atoms with van der Waals surface area (Å²) >= 11 is 1.61. The lowest BCUT2D eigenvalue weighted by Gasteiger charge is -2.17. The van der Waals surface area contributed by atoms with Crippen molar-refractivity contribution in [3.05, 3.63) is 95.0 Å². The van der Waals surface area contributed by atoms with Gasteiger partial charge in [-0.25, -0.2) is 0 Å². The highest BCUT2D eigenvalue weighted by Gasteiger charge is 2.17. The van der Waals surface area contributed by atoms with E-state index in [0.717, 1.165) is 21.7 Å². The maximum Gasteiger partial charge on any atom is 0.262 e. The predicted octanol–water partition coefficient (Wildman–Crippen LogP) is 4.89. The minimum atomic E-state index is -0.232. The van der Waals surface area contributed by atoms with Gasteiger partial charge in [0.15, 0.2) is 12.4 Å². The molecule has 3 heterocycles. The average Bonchev–Trinajstić information content (AvgIpc) is 3.47. The van der Waals surface area contributed by atoms with Crippen LogP contribution in [-0.2, 0) is 11.3 Å². The standard InChI is InChI=1S/C25H19N3O3S/c29-21(18-9-11-22-20(13-18)26-24(30)16-31-22)10-8-19-15-28(14-17-5-2-1-3-6-17)27-25(19)23-7-4-12-32-23/h1-13,15H,14,16H2,(H,26,30)/b10-8+. The van der Waals surface area contributed by atoms with Crippen LogP contribution in [0.3, 0.4) is 0 Å². The summed E-state index contributed by atoms with van der Waals surface area (Å²) in [6.45, 7) is 0.629. The molecule has 0 aliphatic carbocycles. The number of rotatable bonds is 6. The molecule has 4 aromatic rings. The number of fused-ring (bicyclic) bond motifs is 1. The molecule has 1 aliphatic rings. The topological polar surface area (TPSA) is 73.2 Å². The van der Waals surface area contributed by atoms with Crippen LogP contribution < -0.4 is 10.1 Å². The number of aromatic nitrogens is 2. The highest BCUT2D eigenvalue weighted by Crippen LogP contribution is 2.30. The Morgan fingerprint density at radius 2 is 2.03 bits per heavy atom. The minimum Gasteiger partial charge on any atom is -0.482 e. The molecular weight excluding hydrogens is 422 g/mol. The fourth-order valence-electron chi connectivity index (χ4n) is 3.51. The van der Waals surface area contributed by atoms with Crippen LogP contribution in [0.4, 0.5) is 5.69 Å². The Bertz CT molecular complexity index is 1310. The molecule has 6 nitrogen and oxygen atoms in total. The second kappa shape index (κ2) is 8.64. The molecule has 0 fully saturated rings. The number of thiophene rings is 1. The smallest absolute Gasteiger partial charge is 0.262 e. The number of hydrogen-bond acceptors (Lipinski definition) is 5. The van der Waals surface area contributed by atoms with Gasteiger partial charge in [-0.1, -0.05) is 36.4 Å². The molecular formula is C25H19N3O3S. The molecule has 0 unspecified atom stereocenters. The summed E-state index contributed by atoms with van der Waals surface area (Å²) in [5.41, 5.74) is 3.84. The first kappa shape index (κ1) is 20.0. The number of nitrogens with zero attached hydrogens (tertiary/aromatic N) is 2. The normalized spacial score (nSPS) is 12.9. The van der Waals surface area contributed by atoms with Gasteiger partial charge in [0.1, 0.15) is 11.4 Å². The first-order chi connectivity index (χ1) is 15.7. The fourth-order valence-corrected chi connectivity index (χ4v) is 4.24. The maximum absolute atomic E-state index is 12.8. The first-order valence-corrected chi connectivity index (χ1v) is 11.0. The highest BCUT2D eigenvalue weighted by molar-refractivity contribution is 7.13. The molecule has 5 rings (SSSR count). The lowest BCUT2D eigenvalue weighted by Crippen LogP contribution is -2.25. The van der Waals surface area contributed by atoms with E-state index in [-0.39, 0.29) is 18.3 Å². The zero-order chi connectivity index (χ0) is 21.9. The molecule has 0 radical (unpaired) electrons. The van der Waals surface area contributed by atoms with Gasteiger partial charge in [0.2, 0.25) is 0 Å². The van der Waals surface area contributed by atoms with Crippen molar-refractivity contribution in [2.45, 2.75) is 6.54 Å². The number of carbonyl (C=O) groups is 2. The molecule has 0 saturated carbocycles. The molecule has 0 saturated heterocycles. The first-order valence-electron chi connectivity index (χ1n) is 10.1. The van der Waals surface area contributed by atoms with Crippen molar-refractivity contribution in [3.63, 3.8) is 0 Å². The molecule has 0 spiro atoms. The molecule has 1 amide bonds. The van der Waals surface area contributed by atoms with Crippen LogP contribution >= 0.6 is 11.3 Å². The largest absolute Gasteiger partial charge is 0.482 e. The maximum atomic E-state index is 12.8. The van der Waals surface area contributed by atoms with Crippen LogP contribution in [-0.4, -0.2) is 28.1 Å². The van der Waals surface area contributed by atoms with E-state index in [1.165, 1.54) is 6.08 Å². The van der Waals surface area contributed by atoms with Crippen LogP contribution in [0.5, 0.6) is 5.75 Å². The highest BCUT2D eigenvalue weighted by atomic mass is 32.1. The zero-order valence-corrected chi connectivity index (χ0v) is 17.8. The molecule has 32 heavy (non-hydrogen) atoms. The van der Waals surface area contributed by atoms with E-state index < -0.39 is 0 Å². The summed E-state index contributed by atoms with van der Waals surface area (Å²) in [7, 11) is 0. The van der Waals surface area contributed by atoms with Gasteiger partial charge in [-0.05, 0) is 47.4 Å². The summed E-state index contributed by atoms with van der Waals surface area (Å²) in [5, 5.41) is 9.50. The summed E-state index contributed by atoms with van der Waals surface area (Å²) in [6, 6.07) is 19.2. The van der Waals surface area contributed by atoms with E-state index in [0.29, 0.717) is 23.5 Å². The number of amides is 1. The number of anilines is 1. The Kier molecular flexibility index (Phi) is 5.39. The van der Waals surface area contributed by atoms with Gasteiger partial charge in [0.05, 0.1) is 17.1 Å². The zero-order valence-electron chi connectivity index (χ0n) is 17.0. The number of carbonyl (C=O) groups excluding carboxylic acids is 2. The monoisotopic (exact) mass is 441 g/mol. The van der Waals surface area contributed by atoms with Gasteiger partial charge in [-0.15, -0.1) is 11.3 Å². The van der Waals surface area contributed by atoms with E-state index in [1.54, 1.807) is 35.6 Å². The number of benzene rings is 2. The predicted molar refractivity (Wildman–Crippen MR) is 125 cm³/mol.